The minimum atomic E-state index is -0.464. The molecule has 0 saturated carbocycles. The molecule has 1 amide bonds. The lowest BCUT2D eigenvalue weighted by Crippen LogP contribution is -2.22. The van der Waals surface area contributed by atoms with Gasteiger partial charge in [0, 0.05) is 30.1 Å². The molecule has 1 aromatic carbocycles. The third-order valence-corrected chi connectivity index (χ3v) is 5.03. The van der Waals surface area contributed by atoms with Crippen molar-refractivity contribution in [1.29, 1.82) is 0 Å². The van der Waals surface area contributed by atoms with Gasteiger partial charge in [-0.2, -0.15) is 5.10 Å². The molecule has 2 aromatic heterocycles. The number of benzene rings is 1. The number of rotatable bonds is 5. The maximum atomic E-state index is 12.2. The lowest BCUT2D eigenvalue weighted by Gasteiger charge is -2.18. The van der Waals surface area contributed by atoms with E-state index in [1.165, 1.54) is 29.4 Å². The van der Waals surface area contributed by atoms with Gasteiger partial charge < -0.3 is 4.74 Å². The summed E-state index contributed by atoms with van der Waals surface area (Å²) in [5.41, 5.74) is 2.32. The maximum Gasteiger partial charge on any atom is 0.342 e. The number of hydrogen-bond acceptors (Lipinski definition) is 6. The van der Waals surface area contributed by atoms with Crippen LogP contribution in [0.3, 0.4) is 0 Å². The quantitative estimate of drug-likeness (QED) is 0.603. The van der Waals surface area contributed by atoms with Gasteiger partial charge in [-0.3, -0.25) is 14.4 Å². The van der Waals surface area contributed by atoms with Gasteiger partial charge in [-0.1, -0.05) is 17.7 Å². The molecular formula is C18H17ClN4O3S. The second-order valence-corrected chi connectivity index (χ2v) is 7.07. The van der Waals surface area contributed by atoms with Crippen LogP contribution in [0.2, 0.25) is 5.02 Å². The van der Waals surface area contributed by atoms with Crippen LogP contribution in [0.15, 0.2) is 35.8 Å². The molecule has 0 unspecified atom stereocenters. The molecule has 7 nitrogen and oxygen atoms in total. The van der Waals surface area contributed by atoms with Gasteiger partial charge in [0.1, 0.15) is 12.2 Å². The molecule has 0 N–H and O–H groups in total. The average molecular weight is 405 g/mol. The number of ether oxygens (including phenoxy) is 1. The molecule has 9 heteroatoms. The molecule has 0 bridgehead atoms. The smallest absolute Gasteiger partial charge is 0.342 e. The molecule has 0 aliphatic heterocycles. The van der Waals surface area contributed by atoms with Crippen molar-refractivity contribution in [2.75, 3.05) is 4.90 Å². The van der Waals surface area contributed by atoms with E-state index in [9.17, 15) is 9.59 Å². The Morgan fingerprint density at radius 2 is 2.15 bits per heavy atom. The van der Waals surface area contributed by atoms with E-state index < -0.39 is 5.97 Å². The Bertz CT molecular complexity index is 998. The minimum absolute atomic E-state index is 0.00492. The Morgan fingerprint density at radius 3 is 2.78 bits per heavy atom. The Balaban J connectivity index is 1.74. The molecule has 0 atom stereocenters. The highest BCUT2D eigenvalue weighted by molar-refractivity contribution is 7.14. The fraction of sp³-hybridized carbons (Fsp3) is 0.222. The SMILES string of the molecule is CC(=O)N(c1cccc(Cl)c1)c1nc(COC(=O)c2cnn(C)c2C)cs1. The number of amides is 1. The lowest BCUT2D eigenvalue weighted by atomic mass is 10.3. The van der Waals surface area contributed by atoms with Gasteiger partial charge in [0.05, 0.1) is 17.6 Å². The van der Waals surface area contributed by atoms with Crippen molar-refractivity contribution < 1.29 is 14.3 Å². The predicted molar refractivity (Wildman–Crippen MR) is 103 cm³/mol. The standard InChI is InChI=1S/C18H17ClN4O3S/c1-11-16(8-20-22(11)3)17(25)26-9-14-10-27-18(21-14)23(12(2)24)15-6-4-5-13(19)7-15/h4-8,10H,9H2,1-3H3. The van der Waals surface area contributed by atoms with E-state index in [1.807, 2.05) is 0 Å². The molecule has 0 fully saturated rings. The number of aryl methyl sites for hydroxylation is 1. The number of anilines is 2. The number of thiazole rings is 1. The van der Waals surface area contributed by atoms with E-state index >= 15 is 0 Å². The van der Waals surface area contributed by atoms with Crippen LogP contribution in [0, 0.1) is 6.92 Å². The molecule has 0 radical (unpaired) electrons. The highest BCUT2D eigenvalue weighted by atomic mass is 35.5. The largest absolute Gasteiger partial charge is 0.455 e. The van der Waals surface area contributed by atoms with Crippen molar-refractivity contribution in [3.63, 3.8) is 0 Å². The summed E-state index contributed by atoms with van der Waals surface area (Å²) >= 11 is 7.31. The first-order valence-electron chi connectivity index (χ1n) is 8.03. The van der Waals surface area contributed by atoms with Crippen LogP contribution in [-0.2, 0) is 23.2 Å². The zero-order valence-electron chi connectivity index (χ0n) is 15.0. The van der Waals surface area contributed by atoms with E-state index in [1.54, 1.807) is 48.3 Å². The number of nitrogens with zero attached hydrogens (tertiary/aromatic N) is 4. The Kier molecular flexibility index (Phi) is 5.57. The number of aromatic nitrogens is 3. The molecule has 2 heterocycles. The molecular weight excluding hydrogens is 388 g/mol. The second-order valence-electron chi connectivity index (χ2n) is 5.80. The highest BCUT2D eigenvalue weighted by Crippen LogP contribution is 2.30. The van der Waals surface area contributed by atoms with Crippen LogP contribution >= 0.6 is 22.9 Å². The summed E-state index contributed by atoms with van der Waals surface area (Å²) in [6.45, 7) is 3.25. The van der Waals surface area contributed by atoms with Crippen LogP contribution in [0.25, 0.3) is 0 Å². The number of carbonyl (C=O) groups is 2. The average Bonchev–Trinajstić information content (AvgIpc) is 3.20. The third kappa shape index (κ3) is 4.17. The lowest BCUT2D eigenvalue weighted by molar-refractivity contribution is -0.115. The fourth-order valence-electron chi connectivity index (χ4n) is 2.42. The first-order valence-corrected chi connectivity index (χ1v) is 9.29. The summed E-state index contributed by atoms with van der Waals surface area (Å²) in [5, 5.41) is 6.78. The summed E-state index contributed by atoms with van der Waals surface area (Å²) in [6, 6.07) is 6.96. The fourth-order valence-corrected chi connectivity index (χ4v) is 3.48. The molecule has 0 spiro atoms. The number of hydrogen-bond donors (Lipinski definition) is 0. The van der Waals surface area contributed by atoms with Gasteiger partial charge in [-0.05, 0) is 25.1 Å². The van der Waals surface area contributed by atoms with Gasteiger partial charge >= 0.3 is 5.97 Å². The first-order chi connectivity index (χ1) is 12.9. The summed E-state index contributed by atoms with van der Waals surface area (Å²) < 4.78 is 6.92. The number of carbonyl (C=O) groups excluding carboxylic acids is 2. The van der Waals surface area contributed by atoms with Crippen LogP contribution in [0.1, 0.15) is 28.7 Å². The number of esters is 1. The zero-order chi connectivity index (χ0) is 19.6. The predicted octanol–water partition coefficient (Wildman–Crippen LogP) is 3.88. The van der Waals surface area contributed by atoms with Crippen molar-refractivity contribution in [3.8, 4) is 0 Å². The van der Waals surface area contributed by atoms with Crippen molar-refractivity contribution >= 4 is 45.6 Å². The summed E-state index contributed by atoms with van der Waals surface area (Å²) in [6.07, 6.45) is 1.47. The maximum absolute atomic E-state index is 12.2. The van der Waals surface area contributed by atoms with Crippen LogP contribution in [0.5, 0.6) is 0 Å². The van der Waals surface area contributed by atoms with E-state index in [0.717, 1.165) is 5.69 Å². The molecule has 140 valence electrons. The van der Waals surface area contributed by atoms with Gasteiger partial charge in [-0.25, -0.2) is 9.78 Å². The summed E-state index contributed by atoms with van der Waals surface area (Å²) in [7, 11) is 1.75. The van der Waals surface area contributed by atoms with Crippen molar-refractivity contribution in [1.82, 2.24) is 14.8 Å². The topological polar surface area (TPSA) is 77.3 Å². The monoisotopic (exact) mass is 404 g/mol. The van der Waals surface area contributed by atoms with E-state index in [4.69, 9.17) is 16.3 Å². The normalized spacial score (nSPS) is 10.7. The van der Waals surface area contributed by atoms with Gasteiger partial charge in [0.15, 0.2) is 5.13 Å². The van der Waals surface area contributed by atoms with Gasteiger partial charge in [-0.15, -0.1) is 11.3 Å². The second kappa shape index (κ2) is 7.89. The van der Waals surface area contributed by atoms with Crippen molar-refractivity contribution in [2.45, 2.75) is 20.5 Å². The summed E-state index contributed by atoms with van der Waals surface area (Å²) in [4.78, 5) is 30.2. The minimum Gasteiger partial charge on any atom is -0.455 e. The molecule has 0 aliphatic rings. The molecule has 27 heavy (non-hydrogen) atoms. The zero-order valence-corrected chi connectivity index (χ0v) is 16.5. The molecule has 0 saturated heterocycles. The summed E-state index contributed by atoms with van der Waals surface area (Å²) in [5.74, 6) is -0.658. The third-order valence-electron chi connectivity index (χ3n) is 3.92. The van der Waals surface area contributed by atoms with Gasteiger partial charge in [0.25, 0.3) is 0 Å². The van der Waals surface area contributed by atoms with E-state index in [0.29, 0.717) is 27.1 Å². The molecule has 0 aliphatic carbocycles. The van der Waals surface area contributed by atoms with Crippen LogP contribution in [0.4, 0.5) is 10.8 Å². The first kappa shape index (κ1) is 19.1. The van der Waals surface area contributed by atoms with Crippen molar-refractivity contribution in [3.05, 3.63) is 57.8 Å². The Labute approximate surface area is 165 Å². The highest BCUT2D eigenvalue weighted by Gasteiger charge is 2.19. The van der Waals surface area contributed by atoms with Crippen LogP contribution < -0.4 is 4.90 Å². The van der Waals surface area contributed by atoms with Crippen LogP contribution in [-0.4, -0.2) is 26.6 Å². The molecule has 3 rings (SSSR count). The van der Waals surface area contributed by atoms with Gasteiger partial charge in [0.2, 0.25) is 5.91 Å². The Morgan fingerprint density at radius 1 is 1.37 bits per heavy atom. The molecule has 3 aromatic rings. The Hall–Kier alpha value is -2.71. The number of halogens is 1. The van der Waals surface area contributed by atoms with E-state index in [-0.39, 0.29) is 12.5 Å². The van der Waals surface area contributed by atoms with Crippen molar-refractivity contribution in [2.24, 2.45) is 7.05 Å². The van der Waals surface area contributed by atoms with E-state index in [2.05, 4.69) is 10.1 Å².